The summed E-state index contributed by atoms with van der Waals surface area (Å²) in [6.45, 7) is 8.63. The number of benzene rings is 1. The number of hydrogen-bond acceptors (Lipinski definition) is 1. The maximum Gasteiger partial charge on any atom is 0.251 e. The first kappa shape index (κ1) is 13.6. The number of carbonyl (C=O) groups is 1. The molecule has 0 bridgehead atoms. The second kappa shape index (κ2) is 6.96. The average Bonchev–Trinajstić information content (AvgIpc) is 2.34. The van der Waals surface area contributed by atoms with Crippen LogP contribution in [0.25, 0.3) is 0 Å². The second-order valence-corrected chi connectivity index (χ2v) is 5.87. The van der Waals surface area contributed by atoms with Crippen LogP contribution in [0.3, 0.4) is 0 Å². The van der Waals surface area contributed by atoms with Gasteiger partial charge in [0.2, 0.25) is 0 Å². The molecule has 1 amide bonds. The minimum absolute atomic E-state index is 0.161. The Hall–Kier alpha value is -1.79. The summed E-state index contributed by atoms with van der Waals surface area (Å²) < 4.78 is 7.84. The number of nitrogens with one attached hydrogen (secondary N) is 1. The third-order valence-corrected chi connectivity index (χ3v) is 2.47. The molecule has 2 heteroatoms. The summed E-state index contributed by atoms with van der Waals surface area (Å²) in [4.78, 5) is 11.8. The Bertz CT molecular complexity index is 520. The highest BCUT2D eigenvalue weighted by Gasteiger charge is 2.09. The molecule has 0 aromatic heterocycles. The lowest BCUT2D eigenvalue weighted by Gasteiger charge is -2.16. The first-order valence-electron chi connectivity index (χ1n) is 7.03. The summed E-state index contributed by atoms with van der Waals surface area (Å²) in [6.07, 6.45) is 0.891. The molecule has 1 N–H and O–H groups in total. The summed E-state index contributed by atoms with van der Waals surface area (Å²) >= 11 is 0. The fourth-order valence-electron chi connectivity index (χ4n) is 1.85. The van der Waals surface area contributed by atoms with Crippen LogP contribution in [0, 0.1) is 5.41 Å². The lowest BCUT2D eigenvalue weighted by atomic mass is 9.89. The predicted octanol–water partition coefficient (Wildman–Crippen LogP) is 3.95. The van der Waals surface area contributed by atoms with E-state index in [1.54, 1.807) is 12.1 Å². The van der Waals surface area contributed by atoms with Crippen molar-refractivity contribution in [2.75, 3.05) is 6.54 Å². The van der Waals surface area contributed by atoms with E-state index in [1.165, 1.54) is 0 Å². The van der Waals surface area contributed by atoms with Crippen LogP contribution >= 0.6 is 0 Å². The molecule has 1 rings (SSSR count). The molecule has 0 heterocycles. The van der Waals surface area contributed by atoms with Gasteiger partial charge in [0.05, 0.1) is 1.37 Å². The summed E-state index contributed by atoms with van der Waals surface area (Å²) in [7, 11) is 0. The van der Waals surface area contributed by atoms with Gasteiger partial charge in [0.15, 0.2) is 0 Å². The lowest BCUT2D eigenvalue weighted by molar-refractivity contribution is 0.0958. The van der Waals surface area contributed by atoms with Crippen LogP contribution in [0.5, 0.6) is 0 Å². The monoisotopic (exact) mass is 258 g/mol. The maximum absolute atomic E-state index is 11.8. The van der Waals surface area contributed by atoms with Crippen molar-refractivity contribution in [3.8, 4) is 0 Å². The maximum atomic E-state index is 11.8. The Morgan fingerprint density at radius 2 is 2.00 bits per heavy atom. The van der Waals surface area contributed by atoms with Crippen LogP contribution in [0.4, 0.5) is 0 Å². The second-order valence-electron chi connectivity index (χ2n) is 5.87. The van der Waals surface area contributed by atoms with Gasteiger partial charge in [-0.3, -0.25) is 4.79 Å². The molecule has 0 spiro atoms. The zero-order valence-corrected chi connectivity index (χ0v) is 12.2. The van der Waals surface area contributed by atoms with E-state index in [0.29, 0.717) is 11.6 Å². The van der Waals surface area contributed by atoms with Crippen LogP contribution in [-0.2, 0) is 0 Å². The van der Waals surface area contributed by atoms with E-state index in [-0.39, 0.29) is 17.9 Å². The van der Waals surface area contributed by atoms with Crippen molar-refractivity contribution in [1.82, 2.24) is 5.32 Å². The number of rotatable bonds is 4. The predicted molar refractivity (Wildman–Crippen MR) is 80.1 cm³/mol. The standard InChI is InChI=1S/C17H23NO/c1-14(13-17(2,3)4)9-8-12-18-16(19)15-10-6-5-7-11-15/h5-8,10-11H,12-13H2,1-4H3,(H,18,19)/i8D. The molecule has 1 aromatic rings. The third kappa shape index (κ3) is 6.64. The fourth-order valence-corrected chi connectivity index (χ4v) is 1.85. The van der Waals surface area contributed by atoms with E-state index in [9.17, 15) is 4.79 Å². The lowest BCUT2D eigenvalue weighted by Crippen LogP contribution is -2.23. The highest BCUT2D eigenvalue weighted by Crippen LogP contribution is 2.22. The molecule has 102 valence electrons. The highest BCUT2D eigenvalue weighted by atomic mass is 16.1. The molecular weight excluding hydrogens is 234 g/mol. The summed E-state index contributed by atoms with van der Waals surface area (Å²) in [5, 5.41) is 2.73. The van der Waals surface area contributed by atoms with Gasteiger partial charge in [0, 0.05) is 12.1 Å². The first-order valence-corrected chi connectivity index (χ1v) is 6.53. The highest BCUT2D eigenvalue weighted by molar-refractivity contribution is 5.94. The number of amides is 1. The zero-order valence-electron chi connectivity index (χ0n) is 13.2. The molecule has 0 aliphatic heterocycles. The van der Waals surface area contributed by atoms with Crippen molar-refractivity contribution in [2.45, 2.75) is 34.1 Å². The Morgan fingerprint density at radius 3 is 2.58 bits per heavy atom. The van der Waals surface area contributed by atoms with Gasteiger partial charge in [-0.15, -0.1) is 5.73 Å². The van der Waals surface area contributed by atoms with Gasteiger partial charge in [0.25, 0.3) is 5.91 Å². The van der Waals surface area contributed by atoms with E-state index < -0.39 is 0 Å². The van der Waals surface area contributed by atoms with Crippen LogP contribution in [0.2, 0.25) is 0 Å². The van der Waals surface area contributed by atoms with Crippen molar-refractivity contribution in [2.24, 2.45) is 5.41 Å². The molecule has 19 heavy (non-hydrogen) atoms. The molecule has 0 radical (unpaired) electrons. The Labute approximate surface area is 117 Å². The van der Waals surface area contributed by atoms with E-state index in [1.807, 2.05) is 25.1 Å². The van der Waals surface area contributed by atoms with Crippen LogP contribution in [-0.4, -0.2) is 12.5 Å². The van der Waals surface area contributed by atoms with Crippen molar-refractivity contribution in [1.29, 1.82) is 0 Å². The largest absolute Gasteiger partial charge is 0.348 e. The summed E-state index contributed by atoms with van der Waals surface area (Å²) in [5.41, 5.74) is 4.86. The SMILES string of the molecule is [2H]C(=C=C(C)CC(C)(C)C)CNC(=O)c1ccccc1. The molecule has 0 unspecified atom stereocenters. The topological polar surface area (TPSA) is 29.1 Å². The van der Waals surface area contributed by atoms with Gasteiger partial charge in [-0.25, -0.2) is 0 Å². The fraction of sp³-hybridized carbons (Fsp3) is 0.412. The van der Waals surface area contributed by atoms with Crippen molar-refractivity contribution >= 4 is 5.91 Å². The molecular formula is C17H23NO. The molecule has 1 aromatic carbocycles. The van der Waals surface area contributed by atoms with Gasteiger partial charge in [0.1, 0.15) is 0 Å². The van der Waals surface area contributed by atoms with Crippen molar-refractivity contribution in [3.05, 3.63) is 53.3 Å². The Balaban J connectivity index is 2.61. The summed E-state index contributed by atoms with van der Waals surface area (Å²) in [6, 6.07) is 9.31. The minimum atomic E-state index is -0.161. The molecule has 0 saturated carbocycles. The van der Waals surface area contributed by atoms with Crippen LogP contribution < -0.4 is 5.32 Å². The molecule has 0 fully saturated rings. The zero-order chi connectivity index (χ0) is 15.2. The quantitative estimate of drug-likeness (QED) is 0.814. The Morgan fingerprint density at radius 1 is 1.37 bits per heavy atom. The van der Waals surface area contributed by atoms with E-state index in [2.05, 4.69) is 31.8 Å². The minimum Gasteiger partial charge on any atom is -0.348 e. The van der Waals surface area contributed by atoms with Crippen molar-refractivity contribution in [3.63, 3.8) is 0 Å². The molecule has 0 aliphatic carbocycles. The molecule has 0 aliphatic rings. The number of hydrogen-bond donors (Lipinski definition) is 1. The molecule has 2 nitrogen and oxygen atoms in total. The van der Waals surface area contributed by atoms with E-state index in [4.69, 9.17) is 1.37 Å². The van der Waals surface area contributed by atoms with Crippen LogP contribution in [0.1, 0.15) is 45.8 Å². The van der Waals surface area contributed by atoms with Gasteiger partial charge < -0.3 is 5.32 Å². The summed E-state index contributed by atoms with van der Waals surface area (Å²) in [5.74, 6) is -0.161. The normalized spacial score (nSPS) is 11.3. The average molecular weight is 258 g/mol. The van der Waals surface area contributed by atoms with Gasteiger partial charge >= 0.3 is 0 Å². The van der Waals surface area contributed by atoms with Crippen LogP contribution in [0.15, 0.2) is 47.7 Å². The van der Waals surface area contributed by atoms with Gasteiger partial charge in [-0.1, -0.05) is 39.0 Å². The van der Waals surface area contributed by atoms with E-state index >= 15 is 0 Å². The van der Waals surface area contributed by atoms with Gasteiger partial charge in [-0.2, -0.15) is 0 Å². The molecule has 0 saturated heterocycles. The smallest absolute Gasteiger partial charge is 0.251 e. The third-order valence-electron chi connectivity index (χ3n) is 2.47. The number of carbonyl (C=O) groups excluding carboxylic acids is 1. The van der Waals surface area contributed by atoms with E-state index in [0.717, 1.165) is 12.0 Å². The first-order chi connectivity index (χ1) is 9.28. The van der Waals surface area contributed by atoms with Gasteiger partial charge in [-0.05, 0) is 42.5 Å². The molecule has 0 atom stereocenters. The van der Waals surface area contributed by atoms with Crippen molar-refractivity contribution < 1.29 is 6.17 Å². The Kier molecular flexibility index (Phi) is 5.00.